The van der Waals surface area contributed by atoms with E-state index in [2.05, 4.69) is 73.2 Å². The van der Waals surface area contributed by atoms with E-state index in [-0.39, 0.29) is 7.43 Å². The van der Waals surface area contributed by atoms with Crippen molar-refractivity contribution in [1.29, 1.82) is 0 Å². The molecule has 1 saturated heterocycles. The maximum Gasteiger partial charge on any atom is 0.222 e. The average Bonchev–Trinajstić information content (AvgIpc) is 2.96. The first-order valence-electron chi connectivity index (χ1n) is 11.5. The number of carbonyl (C=O) groups excluding carboxylic acids is 1. The van der Waals surface area contributed by atoms with Crippen molar-refractivity contribution in [2.75, 3.05) is 26.2 Å². The largest absolute Gasteiger partial charge is 0.341 e. The van der Waals surface area contributed by atoms with Gasteiger partial charge in [0.25, 0.3) is 0 Å². The van der Waals surface area contributed by atoms with Crippen LogP contribution < -0.4 is 0 Å². The molecule has 0 aromatic heterocycles. The highest BCUT2D eigenvalue weighted by Gasteiger charge is 2.25. The van der Waals surface area contributed by atoms with Crippen molar-refractivity contribution in [3.8, 4) is 0 Å². The first-order chi connectivity index (χ1) is 14.5. The second-order valence-corrected chi connectivity index (χ2v) is 8.07. The highest BCUT2D eigenvalue weighted by Crippen LogP contribution is 2.20. The number of hydrogen-bond donors (Lipinski definition) is 0. The molecule has 1 heterocycles. The van der Waals surface area contributed by atoms with Gasteiger partial charge in [-0.05, 0) is 44.1 Å². The molecule has 0 radical (unpaired) electrons. The summed E-state index contributed by atoms with van der Waals surface area (Å²) in [5.74, 6) is 0.815. The fourth-order valence-electron chi connectivity index (χ4n) is 3.65. The minimum absolute atomic E-state index is 0. The quantitative estimate of drug-likeness (QED) is 0.317. The Kier molecular flexibility index (Phi) is 16.3. The average molecular weight is 427 g/mol. The summed E-state index contributed by atoms with van der Waals surface area (Å²) in [6.07, 6.45) is 10.8. The molecule has 0 aliphatic carbocycles. The summed E-state index contributed by atoms with van der Waals surface area (Å²) in [6.45, 7) is 18.5. The smallest absolute Gasteiger partial charge is 0.222 e. The highest BCUT2D eigenvalue weighted by atomic mass is 16.2. The van der Waals surface area contributed by atoms with Crippen molar-refractivity contribution < 1.29 is 4.79 Å². The van der Waals surface area contributed by atoms with Gasteiger partial charge >= 0.3 is 0 Å². The van der Waals surface area contributed by atoms with E-state index in [0.29, 0.717) is 18.2 Å². The van der Waals surface area contributed by atoms with Crippen molar-refractivity contribution in [3.05, 3.63) is 72.9 Å². The standard InChI is InChI=1S/C23H34N2O.C4H8.CH4/c1-4-9-20(3)13-14-22-18-24(17-21-11-7-6-8-12-21)15-16-25(19-22)23(26)10-5-2;1-3-4-2;/h4,6-9,11-12,22H,3,5,10,13-19H2,1-2H3;3H,1,4H2,2H3;1H4/b9-4-;;. The Morgan fingerprint density at radius 3 is 2.39 bits per heavy atom. The zero-order valence-corrected chi connectivity index (χ0v) is 19.5. The molecule has 174 valence electrons. The van der Waals surface area contributed by atoms with E-state index in [1.807, 2.05) is 19.1 Å². The van der Waals surface area contributed by atoms with Crippen LogP contribution in [0.5, 0.6) is 0 Å². The van der Waals surface area contributed by atoms with Crippen LogP contribution in [0, 0.1) is 5.92 Å². The Morgan fingerprint density at radius 1 is 1.13 bits per heavy atom. The third-order valence-corrected chi connectivity index (χ3v) is 5.31. The Balaban J connectivity index is 0.00000165. The van der Waals surface area contributed by atoms with E-state index < -0.39 is 0 Å². The van der Waals surface area contributed by atoms with Gasteiger partial charge in [0, 0.05) is 39.1 Å². The summed E-state index contributed by atoms with van der Waals surface area (Å²) in [7, 11) is 0. The van der Waals surface area contributed by atoms with Crippen molar-refractivity contribution in [3.63, 3.8) is 0 Å². The van der Waals surface area contributed by atoms with Gasteiger partial charge < -0.3 is 4.90 Å². The predicted molar refractivity (Wildman–Crippen MR) is 137 cm³/mol. The maximum atomic E-state index is 12.5. The molecule has 1 amide bonds. The SMILES string of the molecule is C.C=C(/C=C\C)CCC1CN(Cc2ccccc2)CCN(C(=O)CCC)C1.C=CCC. The summed E-state index contributed by atoms with van der Waals surface area (Å²) in [5, 5.41) is 0. The molecule has 0 spiro atoms. The van der Waals surface area contributed by atoms with E-state index in [9.17, 15) is 4.79 Å². The molecule has 1 atom stereocenters. The van der Waals surface area contributed by atoms with Gasteiger partial charge in [-0.1, -0.05) is 82.0 Å². The molecule has 0 saturated carbocycles. The molecule has 0 N–H and O–H groups in total. The predicted octanol–water partition coefficient (Wildman–Crippen LogP) is 6.88. The molecular formula is C28H46N2O. The van der Waals surface area contributed by atoms with Crippen LogP contribution in [0.25, 0.3) is 0 Å². The Hall–Kier alpha value is -2.13. The summed E-state index contributed by atoms with van der Waals surface area (Å²) >= 11 is 0. The molecule has 1 aliphatic rings. The van der Waals surface area contributed by atoms with Crippen LogP contribution >= 0.6 is 0 Å². The van der Waals surface area contributed by atoms with E-state index >= 15 is 0 Å². The van der Waals surface area contributed by atoms with Crippen LogP contribution in [0.15, 0.2) is 67.3 Å². The molecule has 3 nitrogen and oxygen atoms in total. The molecular weight excluding hydrogens is 380 g/mol. The maximum absolute atomic E-state index is 12.5. The second-order valence-electron chi connectivity index (χ2n) is 8.07. The first-order valence-corrected chi connectivity index (χ1v) is 11.5. The minimum atomic E-state index is 0. The molecule has 3 heteroatoms. The van der Waals surface area contributed by atoms with Crippen LogP contribution in [0.1, 0.15) is 65.9 Å². The van der Waals surface area contributed by atoms with Crippen LogP contribution in [-0.4, -0.2) is 41.9 Å². The lowest BCUT2D eigenvalue weighted by molar-refractivity contribution is -0.131. The van der Waals surface area contributed by atoms with Crippen molar-refractivity contribution >= 4 is 5.91 Å². The normalized spacial score (nSPS) is 16.6. The lowest BCUT2D eigenvalue weighted by Gasteiger charge is -2.25. The molecule has 1 aromatic carbocycles. The molecule has 2 rings (SSSR count). The minimum Gasteiger partial charge on any atom is -0.341 e. The van der Waals surface area contributed by atoms with Gasteiger partial charge in [0.1, 0.15) is 0 Å². The van der Waals surface area contributed by atoms with E-state index in [0.717, 1.165) is 58.4 Å². The molecule has 31 heavy (non-hydrogen) atoms. The zero-order valence-electron chi connectivity index (χ0n) is 19.5. The molecule has 1 fully saturated rings. The van der Waals surface area contributed by atoms with Gasteiger partial charge in [-0.3, -0.25) is 9.69 Å². The Morgan fingerprint density at radius 2 is 1.81 bits per heavy atom. The van der Waals surface area contributed by atoms with E-state index in [4.69, 9.17) is 0 Å². The number of carbonyl (C=O) groups is 1. The number of rotatable bonds is 9. The summed E-state index contributed by atoms with van der Waals surface area (Å²) in [6, 6.07) is 10.6. The first kappa shape index (κ1) is 28.9. The summed E-state index contributed by atoms with van der Waals surface area (Å²) in [4.78, 5) is 17.1. The fourth-order valence-corrected chi connectivity index (χ4v) is 3.65. The number of hydrogen-bond acceptors (Lipinski definition) is 2. The number of nitrogens with zero attached hydrogens (tertiary/aromatic N) is 2. The fraction of sp³-hybridized carbons (Fsp3) is 0.536. The lowest BCUT2D eigenvalue weighted by atomic mass is 9.98. The van der Waals surface area contributed by atoms with Crippen molar-refractivity contribution in [1.82, 2.24) is 9.80 Å². The molecule has 1 aromatic rings. The van der Waals surface area contributed by atoms with Gasteiger partial charge in [-0.2, -0.15) is 0 Å². The summed E-state index contributed by atoms with van der Waals surface area (Å²) in [5.41, 5.74) is 2.52. The van der Waals surface area contributed by atoms with Gasteiger partial charge in [0.15, 0.2) is 0 Å². The lowest BCUT2D eigenvalue weighted by Crippen LogP contribution is -2.35. The monoisotopic (exact) mass is 426 g/mol. The van der Waals surface area contributed by atoms with Gasteiger partial charge in [-0.15, -0.1) is 6.58 Å². The zero-order chi connectivity index (χ0) is 22.2. The Labute approximate surface area is 192 Å². The molecule has 1 aliphatic heterocycles. The second kappa shape index (κ2) is 17.5. The van der Waals surface area contributed by atoms with Crippen molar-refractivity contribution in [2.24, 2.45) is 5.92 Å². The van der Waals surface area contributed by atoms with Crippen LogP contribution in [0.3, 0.4) is 0 Å². The molecule has 1 unspecified atom stereocenters. The van der Waals surface area contributed by atoms with E-state index in [1.165, 1.54) is 11.1 Å². The van der Waals surface area contributed by atoms with Crippen LogP contribution in [-0.2, 0) is 11.3 Å². The van der Waals surface area contributed by atoms with Crippen molar-refractivity contribution in [2.45, 2.75) is 66.8 Å². The topological polar surface area (TPSA) is 23.6 Å². The number of amides is 1. The van der Waals surface area contributed by atoms with Gasteiger partial charge in [0.05, 0.1) is 0 Å². The van der Waals surface area contributed by atoms with Gasteiger partial charge in [-0.25, -0.2) is 0 Å². The van der Waals surface area contributed by atoms with Crippen LogP contribution in [0.2, 0.25) is 0 Å². The number of allylic oxidation sites excluding steroid dienone is 4. The Bertz CT molecular complexity index is 650. The van der Waals surface area contributed by atoms with Crippen LogP contribution in [0.4, 0.5) is 0 Å². The van der Waals surface area contributed by atoms with Gasteiger partial charge in [0.2, 0.25) is 5.91 Å². The third kappa shape index (κ3) is 12.3. The highest BCUT2D eigenvalue weighted by molar-refractivity contribution is 5.76. The third-order valence-electron chi connectivity index (χ3n) is 5.31. The summed E-state index contributed by atoms with van der Waals surface area (Å²) < 4.78 is 0. The van der Waals surface area contributed by atoms with E-state index in [1.54, 1.807) is 0 Å². The number of benzene rings is 1. The molecule has 0 bridgehead atoms.